The van der Waals surface area contributed by atoms with Crippen molar-refractivity contribution in [1.82, 2.24) is 4.90 Å². The largest absolute Gasteiger partial charge is 0.375 e. The van der Waals surface area contributed by atoms with Crippen molar-refractivity contribution in [1.29, 1.82) is 0 Å². The highest BCUT2D eigenvalue weighted by molar-refractivity contribution is 4.78. The first-order chi connectivity index (χ1) is 7.81. The van der Waals surface area contributed by atoms with Crippen molar-refractivity contribution in [2.24, 2.45) is 5.92 Å². The molecule has 1 aliphatic heterocycles. The summed E-state index contributed by atoms with van der Waals surface area (Å²) in [4.78, 5) is 2.53. The molecule has 0 N–H and O–H groups in total. The fourth-order valence-corrected chi connectivity index (χ4v) is 3.16. The lowest BCUT2D eigenvalue weighted by molar-refractivity contribution is -0.0398. The lowest BCUT2D eigenvalue weighted by Crippen LogP contribution is -2.38. The fourth-order valence-electron chi connectivity index (χ4n) is 3.16. The van der Waals surface area contributed by atoms with E-state index in [4.69, 9.17) is 4.74 Å². The van der Waals surface area contributed by atoms with Crippen LogP contribution in [0.1, 0.15) is 52.4 Å². The summed E-state index contributed by atoms with van der Waals surface area (Å²) < 4.78 is 6.25. The van der Waals surface area contributed by atoms with Crippen LogP contribution >= 0.6 is 0 Å². The van der Waals surface area contributed by atoms with Gasteiger partial charge in [0.2, 0.25) is 0 Å². The van der Waals surface area contributed by atoms with Gasteiger partial charge in [0.25, 0.3) is 0 Å². The maximum Gasteiger partial charge on any atom is 0.0603 e. The molecule has 0 aromatic rings. The zero-order valence-corrected chi connectivity index (χ0v) is 11.0. The van der Waals surface area contributed by atoms with E-state index in [1.807, 2.05) is 0 Å². The average molecular weight is 225 g/mol. The van der Waals surface area contributed by atoms with Crippen LogP contribution in [-0.4, -0.2) is 36.7 Å². The minimum absolute atomic E-state index is 0.559. The second kappa shape index (κ2) is 6.02. The van der Waals surface area contributed by atoms with Crippen molar-refractivity contribution in [3.05, 3.63) is 0 Å². The van der Waals surface area contributed by atoms with Crippen LogP contribution in [0.5, 0.6) is 0 Å². The Hall–Kier alpha value is -0.0800. The number of ether oxygens (including phenoxy) is 1. The van der Waals surface area contributed by atoms with Gasteiger partial charge in [-0.2, -0.15) is 0 Å². The van der Waals surface area contributed by atoms with E-state index in [1.54, 1.807) is 0 Å². The molecule has 2 nitrogen and oxygen atoms in total. The molecule has 0 amide bonds. The third-order valence-electron chi connectivity index (χ3n) is 4.44. The molecular formula is C14H27NO. The van der Waals surface area contributed by atoms with Gasteiger partial charge >= 0.3 is 0 Å². The normalized spacial score (nSPS) is 33.4. The first-order valence-electron chi connectivity index (χ1n) is 7.19. The van der Waals surface area contributed by atoms with Gasteiger partial charge in [0.05, 0.1) is 12.2 Å². The molecule has 1 saturated heterocycles. The molecule has 0 spiro atoms. The van der Waals surface area contributed by atoms with Crippen molar-refractivity contribution in [2.75, 3.05) is 19.6 Å². The summed E-state index contributed by atoms with van der Waals surface area (Å²) in [6.45, 7) is 8.25. The molecule has 0 bridgehead atoms. The van der Waals surface area contributed by atoms with E-state index in [9.17, 15) is 0 Å². The summed E-state index contributed by atoms with van der Waals surface area (Å²) in [7, 11) is 0. The Morgan fingerprint density at radius 2 is 1.75 bits per heavy atom. The van der Waals surface area contributed by atoms with E-state index in [1.165, 1.54) is 58.2 Å². The molecule has 1 heterocycles. The lowest BCUT2D eigenvalue weighted by Gasteiger charge is -2.32. The molecule has 0 aromatic carbocycles. The highest BCUT2D eigenvalue weighted by atomic mass is 16.5. The van der Waals surface area contributed by atoms with Crippen LogP contribution in [0.25, 0.3) is 0 Å². The highest BCUT2D eigenvalue weighted by Crippen LogP contribution is 2.31. The van der Waals surface area contributed by atoms with Crippen LogP contribution < -0.4 is 0 Å². The van der Waals surface area contributed by atoms with Gasteiger partial charge in [-0.15, -0.1) is 0 Å². The predicted octanol–water partition coefficient (Wildman–Crippen LogP) is 3.07. The van der Waals surface area contributed by atoms with E-state index in [0.717, 1.165) is 5.92 Å². The summed E-state index contributed by atoms with van der Waals surface area (Å²) in [5.74, 6) is 0.945. The number of piperidine rings is 1. The monoisotopic (exact) mass is 225 g/mol. The fraction of sp³-hybridized carbons (Fsp3) is 1.00. The van der Waals surface area contributed by atoms with E-state index in [-0.39, 0.29) is 0 Å². The van der Waals surface area contributed by atoms with Crippen molar-refractivity contribution in [2.45, 2.75) is 64.6 Å². The van der Waals surface area contributed by atoms with Gasteiger partial charge in [-0.25, -0.2) is 0 Å². The summed E-state index contributed by atoms with van der Waals surface area (Å²) in [5.41, 5.74) is 0. The maximum atomic E-state index is 6.25. The molecule has 1 aliphatic carbocycles. The molecule has 2 heteroatoms. The lowest BCUT2D eigenvalue weighted by atomic mass is 10.1. The second-order valence-corrected chi connectivity index (χ2v) is 5.48. The van der Waals surface area contributed by atoms with Crippen molar-refractivity contribution in [3.63, 3.8) is 0 Å². The second-order valence-electron chi connectivity index (χ2n) is 5.48. The van der Waals surface area contributed by atoms with Gasteiger partial charge in [-0.05, 0) is 44.6 Å². The van der Waals surface area contributed by atoms with Gasteiger partial charge in [0, 0.05) is 13.1 Å². The Bertz CT molecular complexity index is 199. The van der Waals surface area contributed by atoms with E-state index < -0.39 is 0 Å². The summed E-state index contributed by atoms with van der Waals surface area (Å²) in [6.07, 6.45) is 9.02. The van der Waals surface area contributed by atoms with Crippen LogP contribution in [0.2, 0.25) is 0 Å². The molecule has 0 radical (unpaired) electrons. The Kier molecular flexibility index (Phi) is 4.66. The quantitative estimate of drug-likeness (QED) is 0.729. The molecule has 1 unspecified atom stereocenters. The predicted molar refractivity (Wildman–Crippen MR) is 67.6 cm³/mol. The van der Waals surface area contributed by atoms with Gasteiger partial charge in [0.1, 0.15) is 0 Å². The molecule has 2 aliphatic rings. The first kappa shape index (κ1) is 12.4. The van der Waals surface area contributed by atoms with E-state index in [2.05, 4.69) is 18.7 Å². The van der Waals surface area contributed by atoms with Crippen LogP contribution in [-0.2, 0) is 4.74 Å². The highest BCUT2D eigenvalue weighted by Gasteiger charge is 2.27. The Morgan fingerprint density at radius 3 is 2.31 bits per heavy atom. The molecule has 94 valence electrons. The zero-order valence-electron chi connectivity index (χ0n) is 11.0. The number of likely N-dealkylation sites (tertiary alicyclic amines) is 1. The van der Waals surface area contributed by atoms with Crippen molar-refractivity contribution in [3.8, 4) is 0 Å². The SMILES string of the molecule is CCC1CC[C@@H](OC2CCN(CC)CC2)C1. The summed E-state index contributed by atoms with van der Waals surface area (Å²) in [6, 6.07) is 0. The minimum Gasteiger partial charge on any atom is -0.375 e. The molecule has 1 saturated carbocycles. The molecular weight excluding hydrogens is 198 g/mol. The molecule has 2 atom stereocenters. The topological polar surface area (TPSA) is 12.5 Å². The standard InChI is InChI=1S/C14H27NO/c1-3-12-5-6-14(11-12)16-13-7-9-15(4-2)10-8-13/h12-14H,3-11H2,1-2H3/t12?,14-/m1/s1. The van der Waals surface area contributed by atoms with Gasteiger partial charge in [0.15, 0.2) is 0 Å². The summed E-state index contributed by atoms with van der Waals surface area (Å²) in [5, 5.41) is 0. The van der Waals surface area contributed by atoms with Crippen LogP contribution in [0, 0.1) is 5.92 Å². The Balaban J connectivity index is 1.67. The number of rotatable bonds is 4. The van der Waals surface area contributed by atoms with Gasteiger partial charge in [-0.1, -0.05) is 20.3 Å². The first-order valence-corrected chi connectivity index (χ1v) is 7.19. The summed E-state index contributed by atoms with van der Waals surface area (Å²) >= 11 is 0. The third-order valence-corrected chi connectivity index (χ3v) is 4.44. The van der Waals surface area contributed by atoms with E-state index >= 15 is 0 Å². The number of hydrogen-bond donors (Lipinski definition) is 0. The van der Waals surface area contributed by atoms with Crippen LogP contribution in [0.15, 0.2) is 0 Å². The van der Waals surface area contributed by atoms with Gasteiger partial charge < -0.3 is 9.64 Å². The third kappa shape index (κ3) is 3.21. The number of hydrogen-bond acceptors (Lipinski definition) is 2. The van der Waals surface area contributed by atoms with E-state index in [0.29, 0.717) is 12.2 Å². The van der Waals surface area contributed by atoms with Crippen LogP contribution in [0.3, 0.4) is 0 Å². The Morgan fingerprint density at radius 1 is 1.00 bits per heavy atom. The van der Waals surface area contributed by atoms with Crippen molar-refractivity contribution >= 4 is 0 Å². The Labute approximate surface area is 100 Å². The molecule has 2 rings (SSSR count). The van der Waals surface area contributed by atoms with Gasteiger partial charge in [-0.3, -0.25) is 0 Å². The number of nitrogens with zero attached hydrogens (tertiary/aromatic N) is 1. The molecule has 2 fully saturated rings. The minimum atomic E-state index is 0.559. The zero-order chi connectivity index (χ0) is 11.4. The molecule has 16 heavy (non-hydrogen) atoms. The smallest absolute Gasteiger partial charge is 0.0603 e. The average Bonchev–Trinajstić information content (AvgIpc) is 2.78. The maximum absolute atomic E-state index is 6.25. The van der Waals surface area contributed by atoms with Crippen LogP contribution in [0.4, 0.5) is 0 Å². The molecule has 0 aromatic heterocycles. The van der Waals surface area contributed by atoms with Crippen molar-refractivity contribution < 1.29 is 4.74 Å².